The van der Waals surface area contributed by atoms with Crippen molar-refractivity contribution in [2.45, 2.75) is 31.8 Å². The summed E-state index contributed by atoms with van der Waals surface area (Å²) >= 11 is 3.25. The normalized spacial score (nSPS) is 19.9. The zero-order valence-electron chi connectivity index (χ0n) is 13.6. The van der Waals surface area contributed by atoms with Crippen LogP contribution in [-0.2, 0) is 4.79 Å². The van der Waals surface area contributed by atoms with E-state index < -0.39 is 0 Å². The first-order valence-corrected chi connectivity index (χ1v) is 9.04. The first kappa shape index (κ1) is 17.4. The van der Waals surface area contributed by atoms with Crippen LogP contribution in [0.4, 0.5) is 4.39 Å². The Bertz CT molecular complexity index is 643. The summed E-state index contributed by atoms with van der Waals surface area (Å²) < 4.78 is 13.6. The molecule has 1 atom stereocenters. The number of nitrogens with one attached hydrogen (secondary N) is 1. The molecule has 1 aromatic rings. The Balaban J connectivity index is 1.56. The number of amides is 2. The Hall–Kier alpha value is -1.47. The summed E-state index contributed by atoms with van der Waals surface area (Å²) in [5, 5.41) is 3.02. The minimum atomic E-state index is -0.376. The van der Waals surface area contributed by atoms with Crippen LogP contribution >= 0.6 is 15.9 Å². The van der Waals surface area contributed by atoms with E-state index in [1.807, 2.05) is 6.92 Å². The molecule has 0 aromatic heterocycles. The first-order chi connectivity index (χ1) is 11.5. The largest absolute Gasteiger partial charge is 0.352 e. The maximum absolute atomic E-state index is 13.2. The second-order valence-electron chi connectivity index (χ2n) is 6.41. The van der Waals surface area contributed by atoms with Gasteiger partial charge in [-0.2, -0.15) is 0 Å². The van der Waals surface area contributed by atoms with Crippen molar-refractivity contribution in [3.05, 3.63) is 34.1 Å². The van der Waals surface area contributed by atoms with Crippen molar-refractivity contribution in [3.63, 3.8) is 0 Å². The highest BCUT2D eigenvalue weighted by molar-refractivity contribution is 9.10. The van der Waals surface area contributed by atoms with Gasteiger partial charge >= 0.3 is 0 Å². The minimum Gasteiger partial charge on any atom is -0.352 e. The molecular weight excluding hydrogens is 377 g/mol. The van der Waals surface area contributed by atoms with Crippen LogP contribution in [0, 0.1) is 5.82 Å². The molecule has 1 N–H and O–H groups in total. The maximum Gasteiger partial charge on any atom is 0.255 e. The van der Waals surface area contributed by atoms with Crippen LogP contribution in [0.25, 0.3) is 0 Å². The van der Waals surface area contributed by atoms with Gasteiger partial charge in [-0.1, -0.05) is 0 Å². The number of carbonyl (C=O) groups is 2. The van der Waals surface area contributed by atoms with Crippen LogP contribution in [0.5, 0.6) is 0 Å². The summed E-state index contributed by atoms with van der Waals surface area (Å²) in [5.74, 6) is -0.422. The third-order valence-corrected chi connectivity index (χ3v) is 5.27. The number of benzene rings is 1. The molecule has 1 aliphatic heterocycles. The lowest BCUT2D eigenvalue weighted by Crippen LogP contribution is -2.55. The summed E-state index contributed by atoms with van der Waals surface area (Å²) in [5.41, 5.74) is 0.462. The molecule has 1 unspecified atom stereocenters. The quantitative estimate of drug-likeness (QED) is 0.845. The molecule has 2 aliphatic rings. The molecule has 2 amide bonds. The Morgan fingerprint density at radius 3 is 2.50 bits per heavy atom. The summed E-state index contributed by atoms with van der Waals surface area (Å²) in [6.07, 6.45) is 2.15. The monoisotopic (exact) mass is 397 g/mol. The van der Waals surface area contributed by atoms with Crippen LogP contribution in [-0.4, -0.2) is 59.9 Å². The van der Waals surface area contributed by atoms with Crippen molar-refractivity contribution in [3.8, 4) is 0 Å². The van der Waals surface area contributed by atoms with Gasteiger partial charge in [-0.25, -0.2) is 4.39 Å². The van der Waals surface area contributed by atoms with Crippen LogP contribution in [0.3, 0.4) is 0 Å². The highest BCUT2D eigenvalue weighted by atomic mass is 79.9. The molecule has 1 aromatic carbocycles. The molecule has 0 radical (unpaired) electrons. The van der Waals surface area contributed by atoms with Gasteiger partial charge in [0.05, 0.1) is 11.6 Å². The fourth-order valence-electron chi connectivity index (χ4n) is 2.86. The van der Waals surface area contributed by atoms with E-state index in [1.165, 1.54) is 18.2 Å². The highest BCUT2D eigenvalue weighted by Crippen LogP contribution is 2.21. The Morgan fingerprint density at radius 2 is 1.92 bits per heavy atom. The van der Waals surface area contributed by atoms with E-state index in [1.54, 1.807) is 4.90 Å². The topological polar surface area (TPSA) is 52.7 Å². The second-order valence-corrected chi connectivity index (χ2v) is 7.27. The fourth-order valence-corrected chi connectivity index (χ4v) is 3.38. The molecule has 0 bridgehead atoms. The van der Waals surface area contributed by atoms with E-state index in [0.717, 1.165) is 12.8 Å². The van der Waals surface area contributed by atoms with E-state index >= 15 is 0 Å². The van der Waals surface area contributed by atoms with Crippen LogP contribution in [0.2, 0.25) is 0 Å². The number of hydrogen-bond acceptors (Lipinski definition) is 3. The average Bonchev–Trinajstić information content (AvgIpc) is 3.37. The van der Waals surface area contributed by atoms with Gasteiger partial charge in [-0.15, -0.1) is 0 Å². The number of carbonyl (C=O) groups excluding carboxylic acids is 2. The van der Waals surface area contributed by atoms with Gasteiger partial charge in [0.15, 0.2) is 0 Å². The van der Waals surface area contributed by atoms with Gasteiger partial charge < -0.3 is 10.2 Å². The molecule has 2 fully saturated rings. The van der Waals surface area contributed by atoms with Crippen LogP contribution in [0.15, 0.2) is 22.7 Å². The Labute approximate surface area is 149 Å². The predicted molar refractivity (Wildman–Crippen MR) is 92.2 cm³/mol. The molecule has 0 spiro atoms. The van der Waals surface area contributed by atoms with E-state index in [9.17, 15) is 14.0 Å². The number of halogens is 2. The van der Waals surface area contributed by atoms with Crippen molar-refractivity contribution >= 4 is 27.7 Å². The van der Waals surface area contributed by atoms with Crippen molar-refractivity contribution in [2.75, 3.05) is 26.2 Å². The third kappa shape index (κ3) is 3.95. The van der Waals surface area contributed by atoms with E-state index in [-0.39, 0.29) is 23.7 Å². The van der Waals surface area contributed by atoms with Crippen molar-refractivity contribution < 1.29 is 14.0 Å². The van der Waals surface area contributed by atoms with Crippen LogP contribution < -0.4 is 5.32 Å². The molecule has 1 heterocycles. The zero-order valence-corrected chi connectivity index (χ0v) is 15.2. The zero-order chi connectivity index (χ0) is 17.3. The molecule has 7 heteroatoms. The van der Waals surface area contributed by atoms with Gasteiger partial charge in [0.1, 0.15) is 5.82 Å². The summed E-state index contributed by atoms with van der Waals surface area (Å²) in [7, 11) is 0. The van der Waals surface area contributed by atoms with Gasteiger partial charge in [0.25, 0.3) is 5.91 Å². The number of hydrogen-bond donors (Lipinski definition) is 1. The third-order valence-electron chi connectivity index (χ3n) is 4.61. The maximum atomic E-state index is 13.2. The van der Waals surface area contributed by atoms with Gasteiger partial charge in [0.2, 0.25) is 5.91 Å². The van der Waals surface area contributed by atoms with Crippen molar-refractivity contribution in [2.24, 2.45) is 0 Å². The first-order valence-electron chi connectivity index (χ1n) is 8.24. The number of rotatable bonds is 4. The molecular formula is C17H21BrFN3O2. The molecule has 1 saturated heterocycles. The molecule has 3 rings (SSSR count). The predicted octanol–water partition coefficient (Wildman–Crippen LogP) is 2.01. The highest BCUT2D eigenvalue weighted by Gasteiger charge is 2.31. The molecule has 24 heavy (non-hydrogen) atoms. The molecule has 1 aliphatic carbocycles. The number of piperazine rings is 1. The summed E-state index contributed by atoms with van der Waals surface area (Å²) in [6, 6.07) is 4.27. The smallest absolute Gasteiger partial charge is 0.255 e. The Kier molecular flexibility index (Phi) is 5.20. The fraction of sp³-hybridized carbons (Fsp3) is 0.529. The van der Waals surface area contributed by atoms with Gasteiger partial charge in [-0.05, 0) is 53.9 Å². The van der Waals surface area contributed by atoms with Gasteiger partial charge in [-0.3, -0.25) is 14.5 Å². The second kappa shape index (κ2) is 7.19. The standard InChI is InChI=1S/C17H21BrFN3O2/c1-11(16(23)20-13-3-4-13)21-6-8-22(9-7-21)17(24)14-5-2-12(19)10-15(14)18/h2,5,10-11,13H,3-4,6-9H2,1H3,(H,20,23). The van der Waals surface area contributed by atoms with Crippen LogP contribution in [0.1, 0.15) is 30.1 Å². The van der Waals surface area contributed by atoms with Crippen molar-refractivity contribution in [1.82, 2.24) is 15.1 Å². The van der Waals surface area contributed by atoms with E-state index in [2.05, 4.69) is 26.1 Å². The molecule has 5 nitrogen and oxygen atoms in total. The lowest BCUT2D eigenvalue weighted by atomic mass is 10.1. The van der Waals surface area contributed by atoms with Crippen molar-refractivity contribution in [1.29, 1.82) is 0 Å². The average molecular weight is 398 g/mol. The van der Waals surface area contributed by atoms with E-state index in [4.69, 9.17) is 0 Å². The minimum absolute atomic E-state index is 0.0681. The SMILES string of the molecule is CC(C(=O)NC1CC1)N1CCN(C(=O)c2ccc(F)cc2Br)CC1. The van der Waals surface area contributed by atoms with Gasteiger partial charge in [0, 0.05) is 36.7 Å². The molecule has 1 saturated carbocycles. The summed E-state index contributed by atoms with van der Waals surface area (Å²) in [4.78, 5) is 28.6. The number of nitrogens with zero attached hydrogens (tertiary/aromatic N) is 2. The Morgan fingerprint density at radius 1 is 1.25 bits per heavy atom. The van der Waals surface area contributed by atoms with E-state index in [0.29, 0.717) is 42.3 Å². The lowest BCUT2D eigenvalue weighted by Gasteiger charge is -2.37. The molecule has 130 valence electrons. The summed E-state index contributed by atoms with van der Waals surface area (Å²) in [6.45, 7) is 4.34. The lowest BCUT2D eigenvalue weighted by molar-refractivity contribution is -0.126.